The smallest absolute Gasteiger partial charge is 0.194 e. The van der Waals surface area contributed by atoms with Crippen LogP contribution < -0.4 is 5.32 Å². The molecule has 1 N–H and O–H groups in total. The zero-order valence-electron chi connectivity index (χ0n) is 13.6. The Bertz CT molecular complexity index is 439. The number of hydrogen-bond donors (Lipinski definition) is 1. The molecule has 5 heteroatoms. The molecule has 1 aliphatic heterocycles. The molecule has 0 bridgehead atoms. The molecular formula is C17H28IN3O. The predicted octanol–water partition coefficient (Wildman–Crippen LogP) is 2.78. The third-order valence-corrected chi connectivity index (χ3v) is 3.84. The number of hydrogen-bond acceptors (Lipinski definition) is 2. The van der Waals surface area contributed by atoms with Gasteiger partial charge in [0.15, 0.2) is 5.96 Å². The molecule has 0 aliphatic carbocycles. The summed E-state index contributed by atoms with van der Waals surface area (Å²) in [5, 5.41) is 3.39. The van der Waals surface area contributed by atoms with E-state index in [9.17, 15) is 0 Å². The van der Waals surface area contributed by atoms with Crippen LogP contribution in [0.15, 0.2) is 35.3 Å². The van der Waals surface area contributed by atoms with E-state index in [1.54, 1.807) is 7.11 Å². The molecule has 0 radical (unpaired) electrons. The van der Waals surface area contributed by atoms with E-state index < -0.39 is 0 Å². The highest BCUT2D eigenvalue weighted by Crippen LogP contribution is 2.20. The van der Waals surface area contributed by atoms with Gasteiger partial charge in [0.1, 0.15) is 0 Å². The number of benzene rings is 1. The summed E-state index contributed by atoms with van der Waals surface area (Å²) in [4.78, 5) is 7.01. The molecule has 22 heavy (non-hydrogen) atoms. The van der Waals surface area contributed by atoms with Gasteiger partial charge in [0.05, 0.1) is 13.2 Å². The van der Waals surface area contributed by atoms with Crippen LogP contribution in [0.2, 0.25) is 0 Å². The van der Waals surface area contributed by atoms with Gasteiger partial charge in [0.2, 0.25) is 0 Å². The average Bonchev–Trinajstić information content (AvgIpc) is 2.96. The molecule has 124 valence electrons. The molecule has 4 nitrogen and oxygen atoms in total. The standard InChI is InChI=1S/C17H27N3O.HI/c1-3-18-17(19-10-12-21-2)20-11-9-16(14-20)13-15-7-5-4-6-8-15;/h4-8,16H,3,9-14H2,1-2H3,(H,18,19);1H. The van der Waals surface area contributed by atoms with E-state index in [0.29, 0.717) is 6.61 Å². The molecule has 1 heterocycles. The summed E-state index contributed by atoms with van der Waals surface area (Å²) < 4.78 is 5.08. The molecule has 1 unspecified atom stereocenters. The summed E-state index contributed by atoms with van der Waals surface area (Å²) >= 11 is 0. The van der Waals surface area contributed by atoms with Crippen molar-refractivity contribution >= 4 is 29.9 Å². The van der Waals surface area contributed by atoms with Gasteiger partial charge in [0.25, 0.3) is 0 Å². The molecule has 2 rings (SSSR count). The third kappa shape index (κ3) is 6.12. The first-order valence-electron chi connectivity index (χ1n) is 7.89. The van der Waals surface area contributed by atoms with Crippen molar-refractivity contribution in [1.82, 2.24) is 10.2 Å². The van der Waals surface area contributed by atoms with Crippen LogP contribution in [-0.4, -0.2) is 50.8 Å². The van der Waals surface area contributed by atoms with Crippen molar-refractivity contribution < 1.29 is 4.74 Å². The second kappa shape index (κ2) is 10.8. The third-order valence-electron chi connectivity index (χ3n) is 3.84. The maximum Gasteiger partial charge on any atom is 0.194 e. The van der Waals surface area contributed by atoms with Gasteiger partial charge in [-0.25, -0.2) is 0 Å². The SMILES string of the molecule is CCNC(=NCCOC)N1CCC(Cc2ccccc2)C1.I. The van der Waals surface area contributed by atoms with Crippen molar-refractivity contribution in [2.24, 2.45) is 10.9 Å². The molecule has 0 aromatic heterocycles. The number of nitrogens with zero attached hydrogens (tertiary/aromatic N) is 2. The van der Waals surface area contributed by atoms with Crippen LogP contribution in [0.4, 0.5) is 0 Å². The van der Waals surface area contributed by atoms with Gasteiger partial charge in [-0.2, -0.15) is 0 Å². The van der Waals surface area contributed by atoms with E-state index in [2.05, 4.69) is 52.5 Å². The number of ether oxygens (including phenoxy) is 1. The van der Waals surface area contributed by atoms with Crippen LogP contribution in [-0.2, 0) is 11.2 Å². The number of methoxy groups -OCH3 is 1. The largest absolute Gasteiger partial charge is 0.383 e. The number of nitrogens with one attached hydrogen (secondary N) is 1. The molecule has 1 aromatic rings. The highest BCUT2D eigenvalue weighted by Gasteiger charge is 2.24. The molecule has 1 fully saturated rings. The number of likely N-dealkylation sites (tertiary alicyclic amines) is 1. The number of halogens is 1. The van der Waals surface area contributed by atoms with E-state index in [1.807, 2.05) is 0 Å². The summed E-state index contributed by atoms with van der Waals surface area (Å²) in [6.45, 7) is 6.61. The summed E-state index contributed by atoms with van der Waals surface area (Å²) in [6, 6.07) is 10.8. The Morgan fingerprint density at radius 2 is 2.14 bits per heavy atom. The van der Waals surface area contributed by atoms with Gasteiger partial charge in [-0.3, -0.25) is 4.99 Å². The lowest BCUT2D eigenvalue weighted by Crippen LogP contribution is -2.40. The second-order valence-corrected chi connectivity index (χ2v) is 5.52. The van der Waals surface area contributed by atoms with Crippen LogP contribution in [0.25, 0.3) is 0 Å². The van der Waals surface area contributed by atoms with Crippen LogP contribution in [0.3, 0.4) is 0 Å². The first-order chi connectivity index (χ1) is 10.3. The van der Waals surface area contributed by atoms with E-state index in [0.717, 1.165) is 44.5 Å². The molecule has 1 saturated heterocycles. The lowest BCUT2D eigenvalue weighted by atomic mass is 9.99. The molecule has 0 amide bonds. The van der Waals surface area contributed by atoms with E-state index in [-0.39, 0.29) is 24.0 Å². The van der Waals surface area contributed by atoms with Gasteiger partial charge < -0.3 is 15.0 Å². The number of guanidine groups is 1. The van der Waals surface area contributed by atoms with Crippen LogP contribution in [0, 0.1) is 5.92 Å². The summed E-state index contributed by atoms with van der Waals surface area (Å²) in [5.41, 5.74) is 1.44. The minimum atomic E-state index is 0. The molecule has 1 atom stereocenters. The summed E-state index contributed by atoms with van der Waals surface area (Å²) in [5.74, 6) is 1.75. The first-order valence-corrected chi connectivity index (χ1v) is 7.89. The molecule has 0 spiro atoms. The van der Waals surface area contributed by atoms with Crippen LogP contribution >= 0.6 is 24.0 Å². The van der Waals surface area contributed by atoms with Gasteiger partial charge in [0, 0.05) is 26.7 Å². The molecular weight excluding hydrogens is 389 g/mol. The second-order valence-electron chi connectivity index (χ2n) is 5.52. The van der Waals surface area contributed by atoms with Gasteiger partial charge >= 0.3 is 0 Å². The lowest BCUT2D eigenvalue weighted by molar-refractivity contribution is 0.207. The molecule has 1 aromatic carbocycles. The monoisotopic (exact) mass is 417 g/mol. The Morgan fingerprint density at radius 3 is 2.82 bits per heavy atom. The number of aliphatic imine (C=N–C) groups is 1. The zero-order chi connectivity index (χ0) is 14.9. The van der Waals surface area contributed by atoms with Crippen molar-refractivity contribution in [2.45, 2.75) is 19.8 Å². The fourth-order valence-electron chi connectivity index (χ4n) is 2.81. The van der Waals surface area contributed by atoms with Crippen molar-refractivity contribution in [3.8, 4) is 0 Å². The Labute approximate surface area is 151 Å². The van der Waals surface area contributed by atoms with Gasteiger partial charge in [-0.15, -0.1) is 24.0 Å². The lowest BCUT2D eigenvalue weighted by Gasteiger charge is -2.21. The van der Waals surface area contributed by atoms with Gasteiger partial charge in [-0.1, -0.05) is 30.3 Å². The summed E-state index contributed by atoms with van der Waals surface area (Å²) in [6.07, 6.45) is 2.40. The minimum Gasteiger partial charge on any atom is -0.383 e. The van der Waals surface area contributed by atoms with Crippen LogP contribution in [0.1, 0.15) is 18.9 Å². The van der Waals surface area contributed by atoms with E-state index in [4.69, 9.17) is 4.74 Å². The Balaban J connectivity index is 0.00000242. The highest BCUT2D eigenvalue weighted by atomic mass is 127. The van der Waals surface area contributed by atoms with Crippen molar-refractivity contribution in [1.29, 1.82) is 0 Å². The van der Waals surface area contributed by atoms with Crippen LogP contribution in [0.5, 0.6) is 0 Å². The highest BCUT2D eigenvalue weighted by molar-refractivity contribution is 14.0. The maximum atomic E-state index is 5.08. The Hall–Kier alpha value is -0.820. The summed E-state index contributed by atoms with van der Waals surface area (Å²) in [7, 11) is 1.72. The zero-order valence-corrected chi connectivity index (χ0v) is 16.0. The Morgan fingerprint density at radius 1 is 1.36 bits per heavy atom. The molecule has 1 aliphatic rings. The van der Waals surface area contributed by atoms with Crippen molar-refractivity contribution in [3.63, 3.8) is 0 Å². The number of rotatable bonds is 6. The molecule has 0 saturated carbocycles. The van der Waals surface area contributed by atoms with Crippen molar-refractivity contribution in [3.05, 3.63) is 35.9 Å². The topological polar surface area (TPSA) is 36.9 Å². The van der Waals surface area contributed by atoms with E-state index in [1.165, 1.54) is 12.0 Å². The Kier molecular flexibility index (Phi) is 9.47. The van der Waals surface area contributed by atoms with Crippen molar-refractivity contribution in [2.75, 3.05) is 39.9 Å². The maximum absolute atomic E-state index is 5.08. The quantitative estimate of drug-likeness (QED) is 0.335. The normalized spacial score (nSPS) is 18.2. The predicted molar refractivity (Wildman–Crippen MR) is 103 cm³/mol. The average molecular weight is 417 g/mol. The first kappa shape index (κ1) is 19.2. The fraction of sp³-hybridized carbons (Fsp3) is 0.588. The van der Waals surface area contributed by atoms with E-state index >= 15 is 0 Å². The van der Waals surface area contributed by atoms with Gasteiger partial charge in [-0.05, 0) is 31.2 Å². The fourth-order valence-corrected chi connectivity index (χ4v) is 2.81. The minimum absolute atomic E-state index is 0.